The maximum atomic E-state index is 12.6. The van der Waals surface area contributed by atoms with Crippen LogP contribution in [0.15, 0.2) is 18.3 Å². The quantitative estimate of drug-likeness (QED) is 0.808. The molecular formula is C11H16FN3O. The van der Waals surface area contributed by atoms with Crippen LogP contribution in [0.2, 0.25) is 0 Å². The predicted octanol–water partition coefficient (Wildman–Crippen LogP) is 1.08. The van der Waals surface area contributed by atoms with Crippen molar-refractivity contribution in [3.05, 3.63) is 29.8 Å². The van der Waals surface area contributed by atoms with Gasteiger partial charge in [0.05, 0.1) is 6.20 Å². The summed E-state index contributed by atoms with van der Waals surface area (Å²) in [6.45, 7) is 5.44. The van der Waals surface area contributed by atoms with Crippen molar-refractivity contribution in [2.45, 2.75) is 32.4 Å². The van der Waals surface area contributed by atoms with Gasteiger partial charge in [-0.15, -0.1) is 0 Å². The van der Waals surface area contributed by atoms with E-state index in [-0.39, 0.29) is 17.6 Å². The minimum atomic E-state index is -0.535. The Morgan fingerprint density at radius 1 is 1.56 bits per heavy atom. The normalized spacial score (nSPS) is 13.3. The number of pyridine rings is 1. The third kappa shape index (κ3) is 3.00. The Hall–Kier alpha value is -1.49. The molecule has 1 aromatic rings. The Morgan fingerprint density at radius 2 is 2.19 bits per heavy atom. The number of rotatable bonds is 3. The van der Waals surface area contributed by atoms with Crippen molar-refractivity contribution in [1.82, 2.24) is 10.3 Å². The predicted molar refractivity (Wildman–Crippen MR) is 59.4 cm³/mol. The van der Waals surface area contributed by atoms with Crippen molar-refractivity contribution in [2.24, 2.45) is 5.73 Å². The first kappa shape index (κ1) is 12.6. The van der Waals surface area contributed by atoms with Gasteiger partial charge in [0, 0.05) is 11.6 Å². The molecule has 0 bridgehead atoms. The van der Waals surface area contributed by atoms with Crippen LogP contribution in [-0.4, -0.2) is 22.5 Å². The van der Waals surface area contributed by atoms with Gasteiger partial charge in [-0.2, -0.15) is 0 Å². The van der Waals surface area contributed by atoms with Crippen LogP contribution in [0.3, 0.4) is 0 Å². The Bertz CT molecular complexity index is 373. The molecule has 4 nitrogen and oxygen atoms in total. The molecule has 88 valence electrons. The van der Waals surface area contributed by atoms with E-state index in [9.17, 15) is 9.18 Å². The van der Waals surface area contributed by atoms with Crippen LogP contribution in [0.4, 0.5) is 4.39 Å². The molecule has 1 heterocycles. The lowest BCUT2D eigenvalue weighted by Crippen LogP contribution is -2.54. The molecule has 0 radical (unpaired) electrons. The molecular weight excluding hydrogens is 209 g/mol. The standard InChI is InChI=1S/C11H16FN3O/c1-7(13)11(2,3)15-10(16)9-5-4-8(12)6-14-9/h4-7H,13H2,1-3H3,(H,15,16). The molecule has 1 rings (SSSR count). The van der Waals surface area contributed by atoms with Crippen molar-refractivity contribution in [1.29, 1.82) is 0 Å². The molecule has 0 saturated heterocycles. The minimum Gasteiger partial charge on any atom is -0.344 e. The minimum absolute atomic E-state index is 0.176. The second-order valence-electron chi connectivity index (χ2n) is 4.33. The summed E-state index contributed by atoms with van der Waals surface area (Å²) in [6.07, 6.45) is 1.01. The fourth-order valence-electron chi connectivity index (χ4n) is 0.981. The molecule has 0 aliphatic carbocycles. The van der Waals surface area contributed by atoms with E-state index in [1.807, 2.05) is 13.8 Å². The van der Waals surface area contributed by atoms with Gasteiger partial charge in [0.15, 0.2) is 0 Å². The number of nitrogens with zero attached hydrogens (tertiary/aromatic N) is 1. The first-order chi connectivity index (χ1) is 7.33. The van der Waals surface area contributed by atoms with Crippen LogP contribution >= 0.6 is 0 Å². The third-order valence-electron chi connectivity index (χ3n) is 2.53. The van der Waals surface area contributed by atoms with E-state index >= 15 is 0 Å². The lowest BCUT2D eigenvalue weighted by molar-refractivity contribution is 0.0898. The average molecular weight is 225 g/mol. The van der Waals surface area contributed by atoms with Gasteiger partial charge in [0.2, 0.25) is 0 Å². The summed E-state index contributed by atoms with van der Waals surface area (Å²) in [7, 11) is 0. The van der Waals surface area contributed by atoms with Crippen molar-refractivity contribution in [2.75, 3.05) is 0 Å². The lowest BCUT2D eigenvalue weighted by Gasteiger charge is -2.30. The molecule has 1 amide bonds. The molecule has 16 heavy (non-hydrogen) atoms. The molecule has 5 heteroatoms. The number of amides is 1. The highest BCUT2D eigenvalue weighted by Gasteiger charge is 2.25. The summed E-state index contributed by atoms with van der Waals surface area (Å²) >= 11 is 0. The maximum Gasteiger partial charge on any atom is 0.270 e. The third-order valence-corrected chi connectivity index (χ3v) is 2.53. The van der Waals surface area contributed by atoms with E-state index in [4.69, 9.17) is 5.73 Å². The summed E-state index contributed by atoms with van der Waals surface area (Å²) < 4.78 is 12.6. The molecule has 0 aromatic carbocycles. The molecule has 1 unspecified atom stereocenters. The van der Waals surface area contributed by atoms with Gasteiger partial charge in [-0.25, -0.2) is 9.37 Å². The Labute approximate surface area is 94.1 Å². The van der Waals surface area contributed by atoms with Crippen LogP contribution in [-0.2, 0) is 0 Å². The second kappa shape index (κ2) is 4.57. The van der Waals surface area contributed by atoms with Crippen molar-refractivity contribution >= 4 is 5.91 Å². The molecule has 0 saturated carbocycles. The van der Waals surface area contributed by atoms with E-state index in [2.05, 4.69) is 10.3 Å². The summed E-state index contributed by atoms with van der Waals surface area (Å²) in [5.74, 6) is -0.828. The molecule has 0 aliphatic rings. The number of nitrogens with one attached hydrogen (secondary N) is 1. The highest BCUT2D eigenvalue weighted by molar-refractivity contribution is 5.92. The van der Waals surface area contributed by atoms with Crippen LogP contribution in [0.25, 0.3) is 0 Å². The van der Waals surface area contributed by atoms with Gasteiger partial charge in [0.25, 0.3) is 5.91 Å². The fourth-order valence-corrected chi connectivity index (χ4v) is 0.981. The maximum absolute atomic E-state index is 12.6. The number of nitrogens with two attached hydrogens (primary N) is 1. The number of aromatic nitrogens is 1. The zero-order valence-electron chi connectivity index (χ0n) is 9.62. The van der Waals surface area contributed by atoms with E-state index in [0.717, 1.165) is 6.20 Å². The number of carbonyl (C=O) groups is 1. The molecule has 3 N–H and O–H groups in total. The number of halogens is 1. The summed E-state index contributed by atoms with van der Waals surface area (Å²) in [5.41, 5.74) is 5.37. The van der Waals surface area contributed by atoms with E-state index < -0.39 is 11.4 Å². The summed E-state index contributed by atoms with van der Waals surface area (Å²) in [5, 5.41) is 2.74. The van der Waals surface area contributed by atoms with Gasteiger partial charge < -0.3 is 11.1 Å². The molecule has 0 spiro atoms. The molecule has 0 fully saturated rings. The van der Waals surface area contributed by atoms with Gasteiger partial charge >= 0.3 is 0 Å². The topological polar surface area (TPSA) is 68.0 Å². The smallest absolute Gasteiger partial charge is 0.270 e. The van der Waals surface area contributed by atoms with Gasteiger partial charge in [-0.3, -0.25) is 4.79 Å². The van der Waals surface area contributed by atoms with Gasteiger partial charge in [0.1, 0.15) is 11.5 Å². The van der Waals surface area contributed by atoms with Crippen LogP contribution in [0, 0.1) is 5.82 Å². The largest absolute Gasteiger partial charge is 0.344 e. The number of carbonyl (C=O) groups excluding carboxylic acids is 1. The highest BCUT2D eigenvalue weighted by Crippen LogP contribution is 2.08. The SMILES string of the molecule is CC(N)C(C)(C)NC(=O)c1ccc(F)cn1. The molecule has 0 aliphatic heterocycles. The summed E-state index contributed by atoms with van der Waals surface area (Å²) in [6, 6.07) is 2.33. The van der Waals surface area contributed by atoms with E-state index in [1.54, 1.807) is 6.92 Å². The Morgan fingerprint density at radius 3 is 2.62 bits per heavy atom. The van der Waals surface area contributed by atoms with E-state index in [1.165, 1.54) is 12.1 Å². The Balaban J connectivity index is 2.77. The zero-order chi connectivity index (χ0) is 12.3. The van der Waals surface area contributed by atoms with Crippen LogP contribution in [0.1, 0.15) is 31.3 Å². The highest BCUT2D eigenvalue weighted by atomic mass is 19.1. The number of hydrogen-bond donors (Lipinski definition) is 2. The molecule has 1 aromatic heterocycles. The number of hydrogen-bond acceptors (Lipinski definition) is 3. The second-order valence-corrected chi connectivity index (χ2v) is 4.33. The van der Waals surface area contributed by atoms with Crippen molar-refractivity contribution in [3.8, 4) is 0 Å². The van der Waals surface area contributed by atoms with Gasteiger partial charge in [-0.1, -0.05) is 0 Å². The first-order valence-electron chi connectivity index (χ1n) is 5.02. The van der Waals surface area contributed by atoms with E-state index in [0.29, 0.717) is 0 Å². The Kier molecular flexibility index (Phi) is 3.59. The monoisotopic (exact) mass is 225 g/mol. The fraction of sp³-hybridized carbons (Fsp3) is 0.455. The lowest BCUT2D eigenvalue weighted by atomic mass is 9.97. The van der Waals surface area contributed by atoms with Crippen LogP contribution < -0.4 is 11.1 Å². The van der Waals surface area contributed by atoms with Crippen molar-refractivity contribution in [3.63, 3.8) is 0 Å². The summed E-state index contributed by atoms with van der Waals surface area (Å²) in [4.78, 5) is 15.4. The van der Waals surface area contributed by atoms with Gasteiger partial charge in [-0.05, 0) is 32.9 Å². The average Bonchev–Trinajstić information content (AvgIpc) is 2.17. The van der Waals surface area contributed by atoms with Crippen molar-refractivity contribution < 1.29 is 9.18 Å². The molecule has 1 atom stereocenters. The van der Waals surface area contributed by atoms with Crippen LogP contribution in [0.5, 0.6) is 0 Å². The first-order valence-corrected chi connectivity index (χ1v) is 5.02. The zero-order valence-corrected chi connectivity index (χ0v) is 9.62.